The van der Waals surface area contributed by atoms with Gasteiger partial charge in [0.1, 0.15) is 48.8 Å². The van der Waals surface area contributed by atoms with Gasteiger partial charge in [-0.1, -0.05) is 92.7 Å². The molecule has 2 bridgehead atoms. The van der Waals surface area contributed by atoms with Crippen molar-refractivity contribution in [1.29, 1.82) is 0 Å². The van der Waals surface area contributed by atoms with E-state index in [1.165, 1.54) is 26.2 Å². The van der Waals surface area contributed by atoms with Gasteiger partial charge in [0, 0.05) is 45.4 Å². The van der Waals surface area contributed by atoms with Crippen LogP contribution in [-0.2, 0) is 73.2 Å². The van der Waals surface area contributed by atoms with Crippen molar-refractivity contribution in [2.45, 2.75) is 141 Å². The van der Waals surface area contributed by atoms with Crippen LogP contribution in [0.15, 0.2) is 102 Å². The van der Waals surface area contributed by atoms with E-state index < -0.39 is 138 Å². The second-order valence-corrected chi connectivity index (χ2v) is 22.9. The van der Waals surface area contributed by atoms with Gasteiger partial charge in [0.15, 0.2) is 11.4 Å². The first kappa shape index (κ1) is 62.8. The molecule has 0 aromatic heterocycles. The molecule has 21 heteroatoms. The fraction of sp³-hybridized carbons (Fsp3) is 0.557. The van der Waals surface area contributed by atoms with Gasteiger partial charge in [0.2, 0.25) is 6.10 Å². The fourth-order valence-corrected chi connectivity index (χ4v) is 12.2. The molecule has 0 radical (unpaired) electrons. The topological polar surface area (TPSA) is 276 Å². The molecule has 0 unspecified atom stereocenters. The van der Waals surface area contributed by atoms with Crippen molar-refractivity contribution in [2.75, 3.05) is 53.3 Å². The van der Waals surface area contributed by atoms with Crippen molar-refractivity contribution < 1.29 is 91.1 Å². The molecule has 3 aliphatic carbocycles. The van der Waals surface area contributed by atoms with E-state index in [2.05, 4.69) is 10.6 Å². The molecule has 1 heterocycles. The Balaban J connectivity index is 1.17. The number of carbonyl (C=O) groups excluding carboxylic acids is 7. The molecular formula is C61H78N2O19. The molecule has 2 amide bonds. The molecule has 21 nitrogen and oxygen atoms in total. The molecule has 4 N–H and O–H groups in total. The molecule has 11 atom stereocenters. The number of aliphatic hydroxyl groups excluding tert-OH is 1. The average molecular weight is 1140 g/mol. The van der Waals surface area contributed by atoms with E-state index in [0.29, 0.717) is 26.0 Å². The van der Waals surface area contributed by atoms with Crippen LogP contribution in [0.4, 0.5) is 9.59 Å². The Bertz CT molecular complexity index is 2770. The first-order chi connectivity index (χ1) is 38.9. The Morgan fingerprint density at radius 2 is 1.49 bits per heavy atom. The number of Topliss-reactive ketones (excluding diaryl/α,β-unsaturated/α-hetero) is 1. The van der Waals surface area contributed by atoms with E-state index in [1.807, 2.05) is 30.3 Å². The summed E-state index contributed by atoms with van der Waals surface area (Å²) in [5, 5.41) is 30.9. The van der Waals surface area contributed by atoms with Crippen LogP contribution in [0.3, 0.4) is 0 Å². The number of benzene rings is 3. The Hall–Kier alpha value is -6.75. The lowest BCUT2D eigenvalue weighted by Crippen LogP contribution is -2.81. The summed E-state index contributed by atoms with van der Waals surface area (Å²) in [4.78, 5) is 98.6. The van der Waals surface area contributed by atoms with Gasteiger partial charge in [-0.05, 0) is 81.9 Å². The SMILES string of the molecule is CO[C@H]1C[C@H]2OC[C@@]2(OC(C)=O)[C@H]2[C@H](OC(=O)c3ccccc3)[C@]3(O)C[C@H](OC(=O)[C@H](OC(=O)COCCOCCCCNC(=O)OCc4ccccc4)[C@@H](NC(=O)OC(C)(C)C)c4ccccc4)C(C)=C([C@@H](CO)C(=O)[C@]12C)C3(C)C. The second-order valence-electron chi connectivity index (χ2n) is 22.9. The van der Waals surface area contributed by atoms with Gasteiger partial charge in [0.25, 0.3) is 0 Å². The number of hydrogen-bond acceptors (Lipinski definition) is 19. The Morgan fingerprint density at radius 3 is 2.10 bits per heavy atom. The van der Waals surface area contributed by atoms with Gasteiger partial charge in [-0.2, -0.15) is 0 Å². The third-order valence-corrected chi connectivity index (χ3v) is 16.2. The predicted octanol–water partition coefficient (Wildman–Crippen LogP) is 6.45. The number of fused-ring (bicyclic) bond motifs is 5. The van der Waals surface area contributed by atoms with Gasteiger partial charge in [-0.25, -0.2) is 24.0 Å². The number of ether oxygens (including phenoxy) is 10. The number of unbranched alkanes of at least 4 members (excludes halogenated alkanes) is 1. The van der Waals surface area contributed by atoms with Gasteiger partial charge in [0.05, 0.1) is 55.3 Å². The standard InChI is InChI=1S/C61H78N2O19/c1-37-43(32-61(72)52(80-53(68)41-25-17-12-18-26-41)50-59(8,51(67)42(33-64)47(37)58(61,6)7)44(73-9)31-45-60(50,36-77-45)81-38(2)65)78-54(69)49(48(40-23-15-11-16-24-40)63-56(71)82-57(3,4)5)79-46(66)35-75-30-29-74-28-20-19-27-62-55(70)76-34-39-21-13-10-14-22-39/h10-18,21-26,42-45,48-50,52,64,72H,19-20,27-36H2,1-9H3,(H,62,70)(H,63,71)/t42-,43+,44+,45-,48+,49-,50+,52+,59-,60+,61-/m1/s1. The lowest BCUT2D eigenvalue weighted by Gasteiger charge is -2.68. The van der Waals surface area contributed by atoms with Gasteiger partial charge in [-0.15, -0.1) is 0 Å². The van der Waals surface area contributed by atoms with Crippen LogP contribution in [-0.4, -0.2) is 153 Å². The third kappa shape index (κ3) is 13.7. The molecule has 2 saturated carbocycles. The summed E-state index contributed by atoms with van der Waals surface area (Å²) in [6.45, 7) is 11.7. The highest BCUT2D eigenvalue weighted by Crippen LogP contribution is 2.65. The predicted molar refractivity (Wildman–Crippen MR) is 292 cm³/mol. The summed E-state index contributed by atoms with van der Waals surface area (Å²) in [5.74, 6) is -7.32. The molecule has 7 rings (SSSR count). The number of rotatable bonds is 23. The average Bonchev–Trinajstić information content (AvgIpc) is 3.54. The van der Waals surface area contributed by atoms with Crippen molar-refractivity contribution in [3.63, 3.8) is 0 Å². The van der Waals surface area contributed by atoms with Crippen LogP contribution in [0.2, 0.25) is 0 Å². The summed E-state index contributed by atoms with van der Waals surface area (Å²) in [5.41, 5.74) is -6.76. The Morgan fingerprint density at radius 1 is 0.841 bits per heavy atom. The summed E-state index contributed by atoms with van der Waals surface area (Å²) >= 11 is 0. The molecule has 0 spiro atoms. The molecule has 1 aliphatic heterocycles. The zero-order chi connectivity index (χ0) is 59.6. The summed E-state index contributed by atoms with van der Waals surface area (Å²) in [6, 6.07) is 23.9. The lowest BCUT2D eigenvalue weighted by atomic mass is 9.43. The number of hydrogen-bond donors (Lipinski definition) is 4. The second kappa shape index (κ2) is 26.7. The highest BCUT2D eigenvalue weighted by molar-refractivity contribution is 5.93. The van der Waals surface area contributed by atoms with Crippen molar-refractivity contribution in [1.82, 2.24) is 10.6 Å². The van der Waals surface area contributed by atoms with Gasteiger partial charge in [-0.3, -0.25) is 9.59 Å². The van der Waals surface area contributed by atoms with Crippen molar-refractivity contribution in [3.8, 4) is 0 Å². The number of alkyl carbamates (subject to hydrolysis) is 2. The van der Waals surface area contributed by atoms with Crippen LogP contribution in [0.25, 0.3) is 0 Å². The molecular weight excluding hydrogens is 1060 g/mol. The van der Waals surface area contributed by atoms with E-state index in [9.17, 15) is 34.2 Å². The third-order valence-electron chi connectivity index (χ3n) is 16.2. The minimum atomic E-state index is -2.36. The molecule has 82 heavy (non-hydrogen) atoms. The van der Waals surface area contributed by atoms with Crippen LogP contribution in [0, 0.1) is 22.7 Å². The first-order valence-electron chi connectivity index (χ1n) is 27.6. The smallest absolute Gasteiger partial charge is 0.408 e. The highest BCUT2D eigenvalue weighted by atomic mass is 16.6. The number of esters is 4. The van der Waals surface area contributed by atoms with E-state index >= 15 is 9.59 Å². The van der Waals surface area contributed by atoms with E-state index in [1.54, 1.807) is 97.0 Å². The molecule has 3 fully saturated rings. The number of aliphatic hydroxyl groups is 2. The van der Waals surface area contributed by atoms with Crippen LogP contribution < -0.4 is 10.6 Å². The minimum absolute atomic E-state index is 0.0510. The van der Waals surface area contributed by atoms with Crippen LogP contribution >= 0.6 is 0 Å². The Kier molecular flexibility index (Phi) is 20.4. The molecule has 3 aromatic carbocycles. The van der Waals surface area contributed by atoms with Gasteiger partial charge >= 0.3 is 36.1 Å². The fourth-order valence-electron chi connectivity index (χ4n) is 12.2. The maximum atomic E-state index is 15.8. The van der Waals surface area contributed by atoms with E-state index in [4.69, 9.17) is 47.4 Å². The lowest BCUT2D eigenvalue weighted by molar-refractivity contribution is -0.347. The summed E-state index contributed by atoms with van der Waals surface area (Å²) < 4.78 is 59.4. The number of amides is 2. The zero-order valence-corrected chi connectivity index (χ0v) is 48.1. The quantitative estimate of drug-likeness (QED) is 0.0343. The van der Waals surface area contributed by atoms with Crippen LogP contribution in [0.5, 0.6) is 0 Å². The molecule has 3 aromatic rings. The number of methoxy groups -OCH3 is 1. The molecule has 446 valence electrons. The number of ketones is 1. The largest absolute Gasteiger partial charge is 0.455 e. The Labute approximate surface area is 477 Å². The maximum absolute atomic E-state index is 15.8. The van der Waals surface area contributed by atoms with E-state index in [0.717, 1.165) is 5.56 Å². The molecule has 1 saturated heterocycles. The summed E-state index contributed by atoms with van der Waals surface area (Å²) in [6.07, 6.45) is -7.96. The zero-order valence-electron chi connectivity index (χ0n) is 48.1. The van der Waals surface area contributed by atoms with Crippen LogP contribution in [0.1, 0.15) is 109 Å². The van der Waals surface area contributed by atoms with Crippen molar-refractivity contribution in [3.05, 3.63) is 119 Å². The molecule has 4 aliphatic rings. The van der Waals surface area contributed by atoms with Crippen molar-refractivity contribution in [2.24, 2.45) is 22.7 Å². The van der Waals surface area contributed by atoms with Crippen molar-refractivity contribution >= 4 is 41.8 Å². The maximum Gasteiger partial charge on any atom is 0.408 e. The normalized spacial score (nSPS) is 27.0. The minimum Gasteiger partial charge on any atom is -0.455 e. The van der Waals surface area contributed by atoms with Gasteiger partial charge < -0.3 is 68.2 Å². The number of nitrogens with one attached hydrogen (secondary N) is 2. The first-order valence-corrected chi connectivity index (χ1v) is 27.6. The van der Waals surface area contributed by atoms with E-state index in [-0.39, 0.29) is 55.1 Å². The number of carbonyl (C=O) groups is 7. The summed E-state index contributed by atoms with van der Waals surface area (Å²) in [7, 11) is 1.40. The monoisotopic (exact) mass is 1140 g/mol. The highest BCUT2D eigenvalue weighted by Gasteiger charge is 2.78.